The number of sulfonamides is 1. The molecule has 0 bridgehead atoms. The Labute approximate surface area is 164 Å². The van der Waals surface area contributed by atoms with Gasteiger partial charge >= 0.3 is 0 Å². The minimum atomic E-state index is -3.73. The second kappa shape index (κ2) is 10.2. The fraction of sp³-hybridized carbons (Fsp3) is 0.650. The van der Waals surface area contributed by atoms with Gasteiger partial charge in [-0.2, -0.15) is 4.31 Å². The molecule has 1 aliphatic rings. The fourth-order valence-corrected chi connectivity index (χ4v) is 5.47. The van der Waals surface area contributed by atoms with Gasteiger partial charge in [-0.15, -0.1) is 0 Å². The van der Waals surface area contributed by atoms with Crippen LogP contribution in [0.3, 0.4) is 0 Å². The van der Waals surface area contributed by atoms with E-state index < -0.39 is 10.0 Å². The Hall–Kier alpha value is -1.44. The van der Waals surface area contributed by atoms with Gasteiger partial charge in [0.25, 0.3) is 5.91 Å². The summed E-state index contributed by atoms with van der Waals surface area (Å²) < 4.78 is 28.7. The van der Waals surface area contributed by atoms with E-state index >= 15 is 0 Å². The van der Waals surface area contributed by atoms with Crippen molar-refractivity contribution < 1.29 is 13.2 Å². The summed E-state index contributed by atoms with van der Waals surface area (Å²) >= 11 is 0. The minimum absolute atomic E-state index is 0.0165. The Morgan fingerprint density at radius 2 is 1.78 bits per heavy atom. The standard InChI is InChI=1S/C20H33N3O3S/c1-4-6-16-22(3)20(24)18-9-7-8-10-19(18)27(25,26)23(15-5-2)17-11-13-21-14-12-17/h7-10,17,21H,4-6,11-16H2,1-3H3. The SMILES string of the molecule is CCCCN(C)C(=O)c1ccccc1S(=O)(=O)N(CCC)C1CCNCC1. The highest BCUT2D eigenvalue weighted by molar-refractivity contribution is 7.89. The van der Waals surface area contributed by atoms with Crippen LogP contribution < -0.4 is 5.32 Å². The summed E-state index contributed by atoms with van der Waals surface area (Å²) in [5.41, 5.74) is 0.270. The smallest absolute Gasteiger partial charge is 0.254 e. The van der Waals surface area contributed by atoms with Crippen LogP contribution in [0.5, 0.6) is 0 Å². The van der Waals surface area contributed by atoms with E-state index in [1.165, 1.54) is 0 Å². The average molecular weight is 396 g/mol. The van der Waals surface area contributed by atoms with Crippen LogP contribution >= 0.6 is 0 Å². The van der Waals surface area contributed by atoms with Gasteiger partial charge in [-0.1, -0.05) is 32.4 Å². The van der Waals surface area contributed by atoms with Gasteiger partial charge in [0.05, 0.1) is 10.5 Å². The summed E-state index contributed by atoms with van der Waals surface area (Å²) in [5, 5.41) is 3.28. The largest absolute Gasteiger partial charge is 0.342 e. The van der Waals surface area contributed by atoms with Crippen LogP contribution in [0.15, 0.2) is 29.2 Å². The molecule has 1 N–H and O–H groups in total. The van der Waals surface area contributed by atoms with E-state index in [0.29, 0.717) is 13.1 Å². The first kappa shape index (κ1) is 21.9. The number of amides is 1. The lowest BCUT2D eigenvalue weighted by Gasteiger charge is -2.34. The molecule has 1 aromatic carbocycles. The van der Waals surface area contributed by atoms with E-state index in [0.717, 1.165) is 45.2 Å². The van der Waals surface area contributed by atoms with Crippen molar-refractivity contribution in [1.82, 2.24) is 14.5 Å². The molecular formula is C20H33N3O3S. The van der Waals surface area contributed by atoms with Gasteiger partial charge in [0.2, 0.25) is 10.0 Å². The van der Waals surface area contributed by atoms with E-state index in [2.05, 4.69) is 12.2 Å². The lowest BCUT2D eigenvalue weighted by Crippen LogP contribution is -2.46. The Morgan fingerprint density at radius 1 is 1.11 bits per heavy atom. The van der Waals surface area contributed by atoms with Gasteiger partial charge in [0.1, 0.15) is 0 Å². The second-order valence-corrected chi connectivity index (χ2v) is 9.03. The average Bonchev–Trinajstić information content (AvgIpc) is 2.70. The highest BCUT2D eigenvalue weighted by Gasteiger charge is 2.34. The van der Waals surface area contributed by atoms with Gasteiger partial charge < -0.3 is 10.2 Å². The molecule has 6 nitrogen and oxygen atoms in total. The molecule has 1 fully saturated rings. The van der Waals surface area contributed by atoms with Crippen LogP contribution in [-0.4, -0.2) is 62.8 Å². The Balaban J connectivity index is 2.37. The van der Waals surface area contributed by atoms with Gasteiger partial charge in [-0.3, -0.25) is 4.79 Å². The summed E-state index contributed by atoms with van der Waals surface area (Å²) in [4.78, 5) is 14.7. The predicted molar refractivity (Wildman–Crippen MR) is 108 cm³/mol. The maximum Gasteiger partial charge on any atom is 0.254 e. The third-order valence-electron chi connectivity index (χ3n) is 5.06. The molecule has 2 rings (SSSR count). The first-order valence-electron chi connectivity index (χ1n) is 10.0. The van der Waals surface area contributed by atoms with Crippen molar-refractivity contribution in [2.24, 2.45) is 0 Å². The van der Waals surface area contributed by atoms with E-state index in [-0.39, 0.29) is 22.4 Å². The molecule has 0 radical (unpaired) electrons. The molecule has 0 spiro atoms. The molecule has 0 atom stereocenters. The van der Waals surface area contributed by atoms with Crippen molar-refractivity contribution >= 4 is 15.9 Å². The first-order chi connectivity index (χ1) is 12.9. The van der Waals surface area contributed by atoms with Gasteiger partial charge in [-0.25, -0.2) is 8.42 Å². The van der Waals surface area contributed by atoms with Crippen LogP contribution in [0.4, 0.5) is 0 Å². The summed E-state index contributed by atoms with van der Waals surface area (Å²) in [7, 11) is -2.00. The van der Waals surface area contributed by atoms with Crippen molar-refractivity contribution in [3.8, 4) is 0 Å². The molecule has 1 saturated heterocycles. The number of hydrogen-bond acceptors (Lipinski definition) is 4. The topological polar surface area (TPSA) is 69.7 Å². The second-order valence-electron chi connectivity index (χ2n) is 7.17. The number of carbonyl (C=O) groups is 1. The molecule has 0 unspecified atom stereocenters. The number of carbonyl (C=O) groups excluding carboxylic acids is 1. The zero-order chi connectivity index (χ0) is 19.9. The lowest BCUT2D eigenvalue weighted by molar-refractivity contribution is 0.0789. The monoisotopic (exact) mass is 395 g/mol. The number of hydrogen-bond donors (Lipinski definition) is 1. The van der Waals surface area contributed by atoms with Gasteiger partial charge in [-0.05, 0) is 50.9 Å². The third kappa shape index (κ3) is 5.30. The maximum absolute atomic E-state index is 13.5. The summed E-state index contributed by atoms with van der Waals surface area (Å²) in [5.74, 6) is -0.232. The molecule has 1 heterocycles. The lowest BCUT2D eigenvalue weighted by atomic mass is 10.1. The predicted octanol–water partition coefficient (Wildman–Crippen LogP) is 2.71. The summed E-state index contributed by atoms with van der Waals surface area (Å²) in [6.07, 6.45) is 4.22. The molecule has 0 aliphatic carbocycles. The molecule has 7 heteroatoms. The van der Waals surface area contributed by atoms with Gasteiger partial charge in [0.15, 0.2) is 0 Å². The number of nitrogens with one attached hydrogen (secondary N) is 1. The van der Waals surface area contributed by atoms with E-state index in [1.54, 1.807) is 40.5 Å². The number of unbranched alkanes of at least 4 members (excludes halogenated alkanes) is 1. The molecule has 27 heavy (non-hydrogen) atoms. The Kier molecular flexibility index (Phi) is 8.26. The number of benzene rings is 1. The van der Waals surface area contributed by atoms with Gasteiger partial charge in [0, 0.05) is 26.2 Å². The number of nitrogens with zero attached hydrogens (tertiary/aromatic N) is 2. The Bertz CT molecular complexity index is 715. The van der Waals surface area contributed by atoms with Crippen LogP contribution in [-0.2, 0) is 10.0 Å². The molecule has 152 valence electrons. The molecule has 1 aromatic rings. The van der Waals surface area contributed by atoms with Crippen LogP contribution in [0.25, 0.3) is 0 Å². The van der Waals surface area contributed by atoms with E-state index in [1.807, 2.05) is 6.92 Å². The quantitative estimate of drug-likeness (QED) is 0.698. The maximum atomic E-state index is 13.5. The van der Waals surface area contributed by atoms with Crippen molar-refractivity contribution in [3.05, 3.63) is 29.8 Å². The van der Waals surface area contributed by atoms with E-state index in [4.69, 9.17) is 0 Å². The zero-order valence-electron chi connectivity index (χ0n) is 16.8. The Morgan fingerprint density at radius 3 is 2.41 bits per heavy atom. The molecule has 1 amide bonds. The molecule has 0 aromatic heterocycles. The van der Waals surface area contributed by atoms with Crippen molar-refractivity contribution in [1.29, 1.82) is 0 Å². The molecular weight excluding hydrogens is 362 g/mol. The molecule has 0 saturated carbocycles. The van der Waals surface area contributed by atoms with Crippen molar-refractivity contribution in [3.63, 3.8) is 0 Å². The highest BCUT2D eigenvalue weighted by Crippen LogP contribution is 2.26. The van der Waals surface area contributed by atoms with E-state index in [9.17, 15) is 13.2 Å². The molecule has 1 aliphatic heterocycles. The third-order valence-corrected chi connectivity index (χ3v) is 7.07. The van der Waals surface area contributed by atoms with Crippen molar-refractivity contribution in [2.75, 3.05) is 33.2 Å². The van der Waals surface area contributed by atoms with Crippen molar-refractivity contribution in [2.45, 2.75) is 56.9 Å². The minimum Gasteiger partial charge on any atom is -0.342 e. The normalized spacial score (nSPS) is 15.9. The van der Waals surface area contributed by atoms with Crippen LogP contribution in [0, 0.1) is 0 Å². The fourth-order valence-electron chi connectivity index (χ4n) is 3.51. The van der Waals surface area contributed by atoms with Crippen LogP contribution in [0.1, 0.15) is 56.3 Å². The first-order valence-corrected chi connectivity index (χ1v) is 11.4. The van der Waals surface area contributed by atoms with Crippen LogP contribution in [0.2, 0.25) is 0 Å². The highest BCUT2D eigenvalue weighted by atomic mass is 32.2. The summed E-state index contributed by atoms with van der Waals surface area (Å²) in [6.45, 7) is 6.79. The number of piperidine rings is 1. The zero-order valence-corrected chi connectivity index (χ0v) is 17.6. The number of rotatable bonds is 9. The summed E-state index contributed by atoms with van der Waals surface area (Å²) in [6, 6.07) is 6.61.